The van der Waals surface area contributed by atoms with Crippen LogP contribution in [0.4, 0.5) is 0 Å². The second-order valence-electron chi connectivity index (χ2n) is 7.62. The summed E-state index contributed by atoms with van der Waals surface area (Å²) < 4.78 is 2.78. The molecule has 2 aromatic rings. The van der Waals surface area contributed by atoms with Crippen molar-refractivity contribution in [2.75, 3.05) is 0 Å². The number of fused-ring (bicyclic) bond motifs is 1. The number of nitrogens with zero attached hydrogens (tertiary/aromatic N) is 1. The molecular weight excluding hydrogens is 426 g/mol. The number of aromatic nitrogens is 2. The second kappa shape index (κ2) is 8.69. The summed E-state index contributed by atoms with van der Waals surface area (Å²) in [6.07, 6.45) is 4.45. The van der Waals surface area contributed by atoms with Crippen molar-refractivity contribution in [2.45, 2.75) is 58.5 Å². The summed E-state index contributed by atoms with van der Waals surface area (Å²) in [6.45, 7) is 4.91. The van der Waals surface area contributed by atoms with Gasteiger partial charge in [-0.3, -0.25) is 14.2 Å². The number of carbonyl (C=O) groups is 1. The molecule has 0 unspecified atom stereocenters. The van der Waals surface area contributed by atoms with Crippen LogP contribution in [0.15, 0.2) is 27.5 Å². The highest BCUT2D eigenvalue weighted by Gasteiger charge is 2.27. The maximum absolute atomic E-state index is 12.7. The first kappa shape index (κ1) is 20.3. The summed E-state index contributed by atoms with van der Waals surface area (Å²) in [5.41, 5.74) is 0.604. The van der Waals surface area contributed by atoms with Gasteiger partial charge in [-0.15, -0.1) is 0 Å². The van der Waals surface area contributed by atoms with Gasteiger partial charge >= 0.3 is 0 Å². The van der Waals surface area contributed by atoms with Crippen LogP contribution < -0.4 is 10.9 Å². The number of amides is 1. The SMILES string of the molecule is C[C@@H]1[C@H](C)CCC[C@H]1NC(=O)CCCn1c(=S)[nH]c2ccc(Br)cc2c1=O. The van der Waals surface area contributed by atoms with Crippen LogP contribution in [0.2, 0.25) is 0 Å². The van der Waals surface area contributed by atoms with E-state index in [0.29, 0.717) is 41.4 Å². The summed E-state index contributed by atoms with van der Waals surface area (Å²) in [5, 5.41) is 3.78. The molecule has 1 amide bonds. The van der Waals surface area contributed by atoms with Crippen molar-refractivity contribution in [3.63, 3.8) is 0 Å². The number of rotatable bonds is 5. The largest absolute Gasteiger partial charge is 0.353 e. The Morgan fingerprint density at radius 1 is 1.37 bits per heavy atom. The van der Waals surface area contributed by atoms with Gasteiger partial charge in [0.1, 0.15) is 0 Å². The van der Waals surface area contributed by atoms with Gasteiger partial charge in [-0.2, -0.15) is 0 Å². The average molecular weight is 452 g/mol. The Hall–Kier alpha value is -1.47. The van der Waals surface area contributed by atoms with Crippen molar-refractivity contribution in [3.05, 3.63) is 37.8 Å². The quantitative estimate of drug-likeness (QED) is 0.655. The summed E-state index contributed by atoms with van der Waals surface area (Å²) in [6, 6.07) is 5.76. The van der Waals surface area contributed by atoms with Gasteiger partial charge in [0.15, 0.2) is 4.77 Å². The fourth-order valence-corrected chi connectivity index (χ4v) is 4.53. The maximum atomic E-state index is 12.7. The molecule has 0 radical (unpaired) electrons. The third-order valence-electron chi connectivity index (χ3n) is 5.78. The molecule has 1 aromatic heterocycles. The number of hydrogen-bond acceptors (Lipinski definition) is 3. The number of aromatic amines is 1. The molecule has 0 bridgehead atoms. The normalized spacial score (nSPS) is 22.7. The zero-order valence-corrected chi connectivity index (χ0v) is 18.2. The molecule has 27 heavy (non-hydrogen) atoms. The molecule has 1 saturated carbocycles. The van der Waals surface area contributed by atoms with Gasteiger partial charge in [0, 0.05) is 23.5 Å². The van der Waals surface area contributed by atoms with Crippen LogP contribution in [0.3, 0.4) is 0 Å². The van der Waals surface area contributed by atoms with E-state index in [2.05, 4.69) is 40.1 Å². The Kier molecular flexibility index (Phi) is 6.52. The Bertz CT molecular complexity index is 952. The molecule has 0 aliphatic heterocycles. The maximum Gasteiger partial charge on any atom is 0.262 e. The predicted molar refractivity (Wildman–Crippen MR) is 114 cm³/mol. The second-order valence-corrected chi connectivity index (χ2v) is 8.92. The zero-order valence-electron chi connectivity index (χ0n) is 15.8. The van der Waals surface area contributed by atoms with E-state index in [4.69, 9.17) is 12.2 Å². The van der Waals surface area contributed by atoms with E-state index >= 15 is 0 Å². The van der Waals surface area contributed by atoms with Crippen molar-refractivity contribution in [1.82, 2.24) is 14.9 Å². The lowest BCUT2D eigenvalue weighted by Gasteiger charge is -2.34. The van der Waals surface area contributed by atoms with E-state index in [1.54, 1.807) is 10.6 Å². The van der Waals surface area contributed by atoms with E-state index in [0.717, 1.165) is 16.4 Å². The molecule has 2 N–H and O–H groups in total. The number of halogens is 1. The minimum Gasteiger partial charge on any atom is -0.353 e. The number of carbonyl (C=O) groups excluding carboxylic acids is 1. The highest BCUT2D eigenvalue weighted by molar-refractivity contribution is 9.10. The molecule has 5 nitrogen and oxygen atoms in total. The molecule has 1 heterocycles. The van der Waals surface area contributed by atoms with Gasteiger partial charge in [0.05, 0.1) is 10.9 Å². The third kappa shape index (κ3) is 4.69. The van der Waals surface area contributed by atoms with E-state index in [-0.39, 0.29) is 17.5 Å². The van der Waals surface area contributed by atoms with Crippen LogP contribution in [0, 0.1) is 16.6 Å². The summed E-state index contributed by atoms with van der Waals surface area (Å²) >= 11 is 8.73. The van der Waals surface area contributed by atoms with Crippen LogP contribution in [-0.2, 0) is 11.3 Å². The van der Waals surface area contributed by atoms with Crippen molar-refractivity contribution in [1.29, 1.82) is 0 Å². The summed E-state index contributed by atoms with van der Waals surface area (Å²) in [4.78, 5) is 28.2. The van der Waals surface area contributed by atoms with Gasteiger partial charge in [-0.25, -0.2) is 0 Å². The van der Waals surface area contributed by atoms with Gasteiger partial charge in [0.25, 0.3) is 5.56 Å². The Morgan fingerprint density at radius 2 is 2.15 bits per heavy atom. The zero-order chi connectivity index (χ0) is 19.6. The monoisotopic (exact) mass is 451 g/mol. The van der Waals surface area contributed by atoms with Gasteiger partial charge in [0.2, 0.25) is 5.91 Å². The van der Waals surface area contributed by atoms with Crippen LogP contribution in [0.5, 0.6) is 0 Å². The van der Waals surface area contributed by atoms with E-state index in [1.165, 1.54) is 12.8 Å². The van der Waals surface area contributed by atoms with Gasteiger partial charge in [-0.05, 0) is 55.1 Å². The molecule has 0 saturated heterocycles. The number of nitrogens with one attached hydrogen (secondary N) is 2. The molecular formula is C20H26BrN3O2S. The number of H-pyrrole nitrogens is 1. The van der Waals surface area contributed by atoms with Crippen LogP contribution in [-0.4, -0.2) is 21.5 Å². The standard InChI is InChI=1S/C20H26BrN3O2S/c1-12-5-3-6-16(13(12)2)22-18(25)7-4-10-24-19(26)15-11-14(21)8-9-17(15)23-20(24)27/h8-9,11-13,16H,3-7,10H2,1-2H3,(H,22,25)(H,23,27)/t12-,13-,16-/m1/s1. The fraction of sp³-hybridized carbons (Fsp3) is 0.550. The molecule has 1 fully saturated rings. The first-order valence-electron chi connectivity index (χ1n) is 9.58. The smallest absolute Gasteiger partial charge is 0.262 e. The minimum absolute atomic E-state index is 0.0624. The Morgan fingerprint density at radius 3 is 2.93 bits per heavy atom. The lowest BCUT2D eigenvalue weighted by atomic mass is 9.78. The molecule has 1 aliphatic carbocycles. The highest BCUT2D eigenvalue weighted by atomic mass is 79.9. The first-order valence-corrected chi connectivity index (χ1v) is 10.8. The first-order chi connectivity index (χ1) is 12.9. The van der Waals surface area contributed by atoms with Gasteiger partial charge < -0.3 is 10.3 Å². The Labute approximate surface area is 172 Å². The van der Waals surface area contributed by atoms with Crippen molar-refractivity contribution in [2.24, 2.45) is 11.8 Å². The van der Waals surface area contributed by atoms with E-state index in [9.17, 15) is 9.59 Å². The van der Waals surface area contributed by atoms with Crippen LogP contribution >= 0.6 is 28.1 Å². The fourth-order valence-electron chi connectivity index (χ4n) is 3.89. The minimum atomic E-state index is -0.120. The lowest BCUT2D eigenvalue weighted by molar-refractivity contribution is -0.122. The van der Waals surface area contributed by atoms with E-state index in [1.807, 2.05) is 12.1 Å². The average Bonchev–Trinajstić information content (AvgIpc) is 2.62. The van der Waals surface area contributed by atoms with E-state index < -0.39 is 0 Å². The van der Waals surface area contributed by atoms with Crippen LogP contribution in [0.1, 0.15) is 46.0 Å². The molecule has 3 atom stereocenters. The van der Waals surface area contributed by atoms with Crippen molar-refractivity contribution < 1.29 is 4.79 Å². The number of hydrogen-bond donors (Lipinski definition) is 2. The lowest BCUT2D eigenvalue weighted by Crippen LogP contribution is -2.43. The molecule has 1 aliphatic rings. The predicted octanol–water partition coefficient (Wildman–Crippen LogP) is 4.54. The Balaban J connectivity index is 1.63. The molecule has 3 rings (SSSR count). The topological polar surface area (TPSA) is 66.9 Å². The third-order valence-corrected chi connectivity index (χ3v) is 6.60. The van der Waals surface area contributed by atoms with Crippen LogP contribution in [0.25, 0.3) is 10.9 Å². The molecule has 146 valence electrons. The molecule has 0 spiro atoms. The number of benzene rings is 1. The van der Waals surface area contributed by atoms with Gasteiger partial charge in [-0.1, -0.05) is 42.6 Å². The summed E-state index contributed by atoms with van der Waals surface area (Å²) in [7, 11) is 0. The summed E-state index contributed by atoms with van der Waals surface area (Å²) in [5.74, 6) is 1.23. The highest BCUT2D eigenvalue weighted by Crippen LogP contribution is 2.29. The van der Waals surface area contributed by atoms with Crippen molar-refractivity contribution >= 4 is 45.0 Å². The van der Waals surface area contributed by atoms with Crippen molar-refractivity contribution in [3.8, 4) is 0 Å². The molecule has 1 aromatic carbocycles. The molecule has 7 heteroatoms.